The summed E-state index contributed by atoms with van der Waals surface area (Å²) in [6, 6.07) is 0.512. The molecule has 2 N–H and O–H groups in total. The molecule has 2 fully saturated rings. The molecule has 5 nitrogen and oxygen atoms in total. The highest BCUT2D eigenvalue weighted by molar-refractivity contribution is 5.82. The molecule has 0 aromatic rings. The molecular formula is C14H27N3O2. The Morgan fingerprint density at radius 3 is 2.79 bits per heavy atom. The summed E-state index contributed by atoms with van der Waals surface area (Å²) in [5, 5.41) is 13.2. The molecule has 0 radical (unpaired) electrons. The minimum Gasteiger partial charge on any atom is -0.391 e. The van der Waals surface area contributed by atoms with Crippen molar-refractivity contribution in [1.82, 2.24) is 15.1 Å². The van der Waals surface area contributed by atoms with Gasteiger partial charge >= 0.3 is 0 Å². The van der Waals surface area contributed by atoms with Crippen molar-refractivity contribution in [2.45, 2.75) is 56.8 Å². The van der Waals surface area contributed by atoms with Gasteiger partial charge in [0.15, 0.2) is 0 Å². The number of piperidine rings is 1. The molecule has 2 heterocycles. The Balaban J connectivity index is 1.99. The highest BCUT2D eigenvalue weighted by atomic mass is 16.3. The zero-order valence-electron chi connectivity index (χ0n) is 12.3. The lowest BCUT2D eigenvalue weighted by atomic mass is 9.98. The minimum absolute atomic E-state index is 0.0567. The van der Waals surface area contributed by atoms with Crippen LogP contribution in [0.5, 0.6) is 0 Å². The molecule has 0 aromatic carbocycles. The van der Waals surface area contributed by atoms with E-state index in [9.17, 15) is 9.90 Å². The average Bonchev–Trinajstić information content (AvgIpc) is 2.68. The number of β-amino-alcohol motifs (C(OH)–C–C–N with tert-alkyl or cyclic N) is 1. The molecule has 2 saturated heterocycles. The zero-order chi connectivity index (χ0) is 14.0. The molecule has 19 heavy (non-hydrogen) atoms. The molecule has 5 heteroatoms. The number of hydrogen-bond acceptors (Lipinski definition) is 4. The van der Waals surface area contributed by atoms with Gasteiger partial charge in [-0.05, 0) is 46.7 Å². The summed E-state index contributed by atoms with van der Waals surface area (Å²) in [6.45, 7) is 3.45. The van der Waals surface area contributed by atoms with Crippen LogP contribution in [0.2, 0.25) is 0 Å². The number of nitrogens with zero attached hydrogens (tertiary/aromatic N) is 2. The molecule has 4 unspecified atom stereocenters. The standard InChI is InChI=1S/C14H27N3O2/c1-10-5-4-6-13(15-10)14(19)17-9-12(18)7-11(17)8-16(2)3/h10-13,15,18H,4-9H2,1-3H3. The van der Waals surface area contributed by atoms with Gasteiger partial charge in [-0.15, -0.1) is 0 Å². The zero-order valence-corrected chi connectivity index (χ0v) is 12.3. The predicted molar refractivity (Wildman–Crippen MR) is 74.9 cm³/mol. The molecule has 110 valence electrons. The van der Waals surface area contributed by atoms with Crippen LogP contribution >= 0.6 is 0 Å². The lowest BCUT2D eigenvalue weighted by Gasteiger charge is -2.34. The minimum atomic E-state index is -0.366. The van der Waals surface area contributed by atoms with Gasteiger partial charge in [-0.3, -0.25) is 4.79 Å². The fourth-order valence-corrected chi connectivity index (χ4v) is 3.29. The van der Waals surface area contributed by atoms with E-state index >= 15 is 0 Å². The second-order valence-electron chi connectivity index (χ2n) is 6.35. The van der Waals surface area contributed by atoms with Crippen LogP contribution in [0.15, 0.2) is 0 Å². The van der Waals surface area contributed by atoms with Gasteiger partial charge in [0.1, 0.15) is 0 Å². The smallest absolute Gasteiger partial charge is 0.240 e. The molecule has 0 bridgehead atoms. The highest BCUT2D eigenvalue weighted by Gasteiger charge is 2.38. The molecule has 0 aliphatic carbocycles. The van der Waals surface area contributed by atoms with Gasteiger partial charge in [0.25, 0.3) is 0 Å². The molecule has 2 aliphatic rings. The third kappa shape index (κ3) is 3.68. The SMILES string of the molecule is CC1CCCC(C(=O)N2CC(O)CC2CN(C)C)N1. The van der Waals surface area contributed by atoms with Gasteiger partial charge in [0.2, 0.25) is 5.91 Å². The summed E-state index contributed by atoms with van der Waals surface area (Å²) in [5.41, 5.74) is 0. The molecule has 0 spiro atoms. The van der Waals surface area contributed by atoms with Crippen molar-refractivity contribution >= 4 is 5.91 Å². The summed E-state index contributed by atoms with van der Waals surface area (Å²) < 4.78 is 0. The second-order valence-corrected chi connectivity index (χ2v) is 6.35. The molecule has 1 amide bonds. The van der Waals surface area contributed by atoms with Crippen LogP contribution in [-0.4, -0.2) is 72.2 Å². The van der Waals surface area contributed by atoms with Gasteiger partial charge in [-0.2, -0.15) is 0 Å². The lowest BCUT2D eigenvalue weighted by molar-refractivity contribution is -0.135. The second kappa shape index (κ2) is 6.20. The Bertz CT molecular complexity index is 322. The number of hydrogen-bond donors (Lipinski definition) is 2. The number of nitrogens with one attached hydrogen (secondary N) is 1. The van der Waals surface area contributed by atoms with Crippen molar-refractivity contribution in [3.05, 3.63) is 0 Å². The van der Waals surface area contributed by atoms with Gasteiger partial charge in [0, 0.05) is 25.2 Å². The van der Waals surface area contributed by atoms with Crippen molar-refractivity contribution in [3.8, 4) is 0 Å². The molecule has 4 atom stereocenters. The van der Waals surface area contributed by atoms with Gasteiger partial charge < -0.3 is 20.2 Å². The maximum atomic E-state index is 12.6. The van der Waals surface area contributed by atoms with E-state index in [2.05, 4.69) is 17.1 Å². The Labute approximate surface area is 115 Å². The van der Waals surface area contributed by atoms with E-state index in [4.69, 9.17) is 0 Å². The van der Waals surface area contributed by atoms with Crippen molar-refractivity contribution in [1.29, 1.82) is 0 Å². The number of likely N-dealkylation sites (tertiary alicyclic amines) is 1. The number of rotatable bonds is 3. The van der Waals surface area contributed by atoms with Crippen molar-refractivity contribution in [3.63, 3.8) is 0 Å². The first-order valence-electron chi connectivity index (χ1n) is 7.36. The largest absolute Gasteiger partial charge is 0.391 e. The van der Waals surface area contributed by atoms with E-state index < -0.39 is 0 Å². The van der Waals surface area contributed by atoms with E-state index in [-0.39, 0.29) is 24.1 Å². The van der Waals surface area contributed by atoms with Crippen LogP contribution in [0.3, 0.4) is 0 Å². The summed E-state index contributed by atoms with van der Waals surface area (Å²) in [5.74, 6) is 0.176. The maximum absolute atomic E-state index is 12.6. The third-order valence-electron chi connectivity index (χ3n) is 4.17. The molecule has 2 aliphatic heterocycles. The number of aliphatic hydroxyl groups is 1. The number of carbonyl (C=O) groups excluding carboxylic acids is 1. The summed E-state index contributed by atoms with van der Waals surface area (Å²) in [4.78, 5) is 16.6. The van der Waals surface area contributed by atoms with Crippen LogP contribution in [0.1, 0.15) is 32.6 Å². The number of aliphatic hydroxyl groups excluding tert-OH is 1. The molecule has 0 saturated carbocycles. The summed E-state index contributed by atoms with van der Waals surface area (Å²) >= 11 is 0. The average molecular weight is 269 g/mol. The Kier molecular flexibility index (Phi) is 4.81. The van der Waals surface area contributed by atoms with E-state index in [0.29, 0.717) is 19.0 Å². The van der Waals surface area contributed by atoms with Crippen LogP contribution in [-0.2, 0) is 4.79 Å². The first-order chi connectivity index (χ1) is 8.97. The quantitative estimate of drug-likeness (QED) is 0.759. The number of amides is 1. The van der Waals surface area contributed by atoms with Gasteiger partial charge in [-0.1, -0.05) is 0 Å². The normalized spacial score (nSPS) is 35.9. The first-order valence-corrected chi connectivity index (χ1v) is 7.36. The highest BCUT2D eigenvalue weighted by Crippen LogP contribution is 2.22. The van der Waals surface area contributed by atoms with E-state index in [1.54, 1.807) is 0 Å². The van der Waals surface area contributed by atoms with E-state index in [1.165, 1.54) is 0 Å². The fraction of sp³-hybridized carbons (Fsp3) is 0.929. The van der Waals surface area contributed by atoms with Crippen molar-refractivity contribution in [2.75, 3.05) is 27.2 Å². The third-order valence-corrected chi connectivity index (χ3v) is 4.17. The fourth-order valence-electron chi connectivity index (χ4n) is 3.29. The van der Waals surface area contributed by atoms with Gasteiger partial charge in [0.05, 0.1) is 12.1 Å². The van der Waals surface area contributed by atoms with Crippen molar-refractivity contribution in [2.24, 2.45) is 0 Å². The topological polar surface area (TPSA) is 55.8 Å². The Morgan fingerprint density at radius 1 is 1.42 bits per heavy atom. The van der Waals surface area contributed by atoms with Crippen LogP contribution < -0.4 is 5.32 Å². The number of carbonyl (C=O) groups is 1. The van der Waals surface area contributed by atoms with Crippen molar-refractivity contribution < 1.29 is 9.90 Å². The van der Waals surface area contributed by atoms with Crippen LogP contribution in [0, 0.1) is 0 Å². The lowest BCUT2D eigenvalue weighted by Crippen LogP contribution is -2.53. The van der Waals surface area contributed by atoms with Gasteiger partial charge in [-0.25, -0.2) is 0 Å². The molecule has 0 aromatic heterocycles. The Morgan fingerprint density at radius 2 is 2.16 bits per heavy atom. The van der Waals surface area contributed by atoms with Crippen LogP contribution in [0.4, 0.5) is 0 Å². The summed E-state index contributed by atoms with van der Waals surface area (Å²) in [7, 11) is 4.02. The Hall–Kier alpha value is -0.650. The van der Waals surface area contributed by atoms with Crippen LogP contribution in [0.25, 0.3) is 0 Å². The maximum Gasteiger partial charge on any atom is 0.240 e. The molecule has 2 rings (SSSR count). The van der Waals surface area contributed by atoms with E-state index in [1.807, 2.05) is 19.0 Å². The first kappa shape index (κ1) is 14.8. The number of likely N-dealkylation sites (N-methyl/N-ethyl adjacent to an activating group) is 1. The summed E-state index contributed by atoms with van der Waals surface area (Å²) in [6.07, 6.45) is 3.51. The monoisotopic (exact) mass is 269 g/mol. The van der Waals surface area contributed by atoms with E-state index in [0.717, 1.165) is 25.8 Å². The predicted octanol–water partition coefficient (Wildman–Crippen LogP) is 0.0404. The molecular weight excluding hydrogens is 242 g/mol.